The van der Waals surface area contributed by atoms with Crippen molar-refractivity contribution in [2.45, 2.75) is 26.3 Å². The lowest BCUT2D eigenvalue weighted by Gasteiger charge is -2.26. The number of nitrogens with zero attached hydrogens (tertiary/aromatic N) is 1. The van der Waals surface area contributed by atoms with Gasteiger partial charge in [-0.25, -0.2) is 8.78 Å². The molecule has 0 saturated heterocycles. The Morgan fingerprint density at radius 2 is 1.94 bits per heavy atom. The van der Waals surface area contributed by atoms with E-state index in [4.69, 9.17) is 10.5 Å². The predicted octanol–water partition coefficient (Wildman–Crippen LogP) is 1.13. The van der Waals surface area contributed by atoms with Crippen molar-refractivity contribution in [1.29, 1.82) is 0 Å². The van der Waals surface area contributed by atoms with E-state index in [2.05, 4.69) is 0 Å². The van der Waals surface area contributed by atoms with Gasteiger partial charge < -0.3 is 15.4 Å². The molecule has 7 heteroatoms. The number of halogens is 3. The van der Waals surface area contributed by atoms with Gasteiger partial charge in [-0.3, -0.25) is 4.79 Å². The van der Waals surface area contributed by atoms with Crippen molar-refractivity contribution < 1.29 is 18.3 Å². The van der Waals surface area contributed by atoms with Crippen molar-refractivity contribution in [3.63, 3.8) is 0 Å². The first kappa shape index (κ1) is 18.9. The zero-order valence-corrected chi connectivity index (χ0v) is 11.2. The number of methoxy groups -OCH3 is 1. The molecule has 0 aliphatic carbocycles. The minimum atomic E-state index is -2.54. The molecule has 17 heavy (non-hydrogen) atoms. The number of ether oxygens (including phenoxy) is 1. The van der Waals surface area contributed by atoms with Crippen LogP contribution in [0.4, 0.5) is 8.78 Å². The lowest BCUT2D eigenvalue weighted by atomic mass is 10.0. The topological polar surface area (TPSA) is 55.6 Å². The average Bonchev–Trinajstić information content (AvgIpc) is 2.21. The van der Waals surface area contributed by atoms with Crippen LogP contribution >= 0.6 is 12.4 Å². The number of amides is 1. The molecule has 1 amide bonds. The summed E-state index contributed by atoms with van der Waals surface area (Å²) in [5.41, 5.74) is 5.57. The van der Waals surface area contributed by atoms with E-state index in [1.807, 2.05) is 0 Å². The molecule has 0 aliphatic rings. The molecule has 2 unspecified atom stereocenters. The minimum absolute atomic E-state index is 0. The van der Waals surface area contributed by atoms with Crippen LogP contribution in [0.5, 0.6) is 0 Å². The Labute approximate surface area is 107 Å². The zero-order valence-electron chi connectivity index (χ0n) is 10.4. The van der Waals surface area contributed by atoms with Crippen LogP contribution in [0.3, 0.4) is 0 Å². The van der Waals surface area contributed by atoms with Gasteiger partial charge in [0.05, 0.1) is 19.1 Å². The standard InChI is InChI=1S/C10H20F2N2O2.ClH/c1-7(8(2)13)10(15)14(4-5-16-3)6-9(11)12;/h7-9H,4-6,13H2,1-3H3;1H. The van der Waals surface area contributed by atoms with Gasteiger partial charge in [0.15, 0.2) is 0 Å². The quantitative estimate of drug-likeness (QED) is 0.757. The first-order chi connectivity index (χ1) is 7.40. The van der Waals surface area contributed by atoms with Crippen molar-refractivity contribution in [2.75, 3.05) is 26.8 Å². The third-order valence-electron chi connectivity index (χ3n) is 2.41. The molecule has 0 aliphatic heterocycles. The fraction of sp³-hybridized carbons (Fsp3) is 0.900. The molecule has 0 radical (unpaired) electrons. The fourth-order valence-electron chi connectivity index (χ4n) is 1.17. The number of carbonyl (C=O) groups is 1. The zero-order chi connectivity index (χ0) is 12.7. The summed E-state index contributed by atoms with van der Waals surface area (Å²) in [4.78, 5) is 12.9. The molecule has 2 atom stereocenters. The molecular weight excluding hydrogens is 254 g/mol. The number of carbonyl (C=O) groups excluding carboxylic acids is 1. The van der Waals surface area contributed by atoms with E-state index >= 15 is 0 Å². The monoisotopic (exact) mass is 274 g/mol. The Morgan fingerprint density at radius 1 is 1.41 bits per heavy atom. The fourth-order valence-corrected chi connectivity index (χ4v) is 1.17. The highest BCUT2D eigenvalue weighted by Crippen LogP contribution is 2.08. The van der Waals surface area contributed by atoms with Gasteiger partial charge in [-0.1, -0.05) is 6.92 Å². The number of hydrogen-bond donors (Lipinski definition) is 1. The maximum atomic E-state index is 12.3. The second-order valence-electron chi connectivity index (χ2n) is 3.82. The van der Waals surface area contributed by atoms with Gasteiger partial charge in [-0.05, 0) is 6.92 Å². The lowest BCUT2D eigenvalue weighted by molar-refractivity contribution is -0.138. The predicted molar refractivity (Wildman–Crippen MR) is 64.5 cm³/mol. The molecule has 0 aromatic rings. The van der Waals surface area contributed by atoms with Crippen molar-refractivity contribution >= 4 is 18.3 Å². The Hall–Kier alpha value is -0.460. The molecular formula is C10H21ClF2N2O2. The summed E-state index contributed by atoms with van der Waals surface area (Å²) in [6.07, 6.45) is -2.54. The average molecular weight is 275 g/mol. The van der Waals surface area contributed by atoms with E-state index in [9.17, 15) is 13.6 Å². The SMILES string of the molecule is COCCN(CC(F)F)C(=O)C(C)C(C)N.Cl. The van der Waals surface area contributed by atoms with Crippen LogP contribution in [-0.4, -0.2) is 50.1 Å². The Kier molecular flexibility index (Phi) is 10.6. The molecule has 0 spiro atoms. The Morgan fingerprint density at radius 3 is 2.29 bits per heavy atom. The minimum Gasteiger partial charge on any atom is -0.383 e. The van der Waals surface area contributed by atoms with Gasteiger partial charge in [0.25, 0.3) is 6.43 Å². The summed E-state index contributed by atoms with van der Waals surface area (Å²) in [5, 5.41) is 0. The van der Waals surface area contributed by atoms with E-state index in [1.54, 1.807) is 13.8 Å². The molecule has 0 heterocycles. The van der Waals surface area contributed by atoms with Crippen molar-refractivity contribution in [3.05, 3.63) is 0 Å². The molecule has 104 valence electrons. The van der Waals surface area contributed by atoms with Crippen LogP contribution < -0.4 is 5.73 Å². The van der Waals surface area contributed by atoms with Crippen LogP contribution in [0.15, 0.2) is 0 Å². The number of alkyl halides is 2. The number of rotatable bonds is 7. The molecule has 0 aromatic carbocycles. The molecule has 2 N–H and O–H groups in total. The third kappa shape index (κ3) is 7.46. The Bertz CT molecular complexity index is 218. The molecule has 0 fully saturated rings. The number of nitrogens with two attached hydrogens (primary N) is 1. The van der Waals surface area contributed by atoms with Crippen molar-refractivity contribution in [3.8, 4) is 0 Å². The van der Waals surface area contributed by atoms with Crippen LogP contribution in [0.25, 0.3) is 0 Å². The molecule has 4 nitrogen and oxygen atoms in total. The molecule has 0 saturated carbocycles. The van der Waals surface area contributed by atoms with Gasteiger partial charge in [-0.15, -0.1) is 12.4 Å². The summed E-state index contributed by atoms with van der Waals surface area (Å²) in [6, 6.07) is -0.352. The van der Waals surface area contributed by atoms with E-state index in [0.29, 0.717) is 0 Å². The van der Waals surface area contributed by atoms with E-state index in [0.717, 1.165) is 4.90 Å². The van der Waals surface area contributed by atoms with Gasteiger partial charge >= 0.3 is 0 Å². The normalized spacial score (nSPS) is 14.1. The summed E-state index contributed by atoms with van der Waals surface area (Å²) in [5.74, 6) is -0.817. The maximum absolute atomic E-state index is 12.3. The molecule has 0 bridgehead atoms. The number of hydrogen-bond acceptors (Lipinski definition) is 3. The van der Waals surface area contributed by atoms with Gasteiger partial charge in [0.2, 0.25) is 5.91 Å². The highest BCUT2D eigenvalue weighted by Gasteiger charge is 2.25. The van der Waals surface area contributed by atoms with Gasteiger partial charge in [-0.2, -0.15) is 0 Å². The van der Waals surface area contributed by atoms with Crippen LogP contribution in [0.1, 0.15) is 13.8 Å². The van der Waals surface area contributed by atoms with Crippen LogP contribution in [0, 0.1) is 5.92 Å². The van der Waals surface area contributed by atoms with Crippen molar-refractivity contribution in [1.82, 2.24) is 4.90 Å². The first-order valence-corrected chi connectivity index (χ1v) is 5.21. The first-order valence-electron chi connectivity index (χ1n) is 5.21. The second-order valence-corrected chi connectivity index (χ2v) is 3.82. The third-order valence-corrected chi connectivity index (χ3v) is 2.41. The summed E-state index contributed by atoms with van der Waals surface area (Å²) < 4.78 is 29.3. The maximum Gasteiger partial charge on any atom is 0.255 e. The smallest absolute Gasteiger partial charge is 0.255 e. The van der Waals surface area contributed by atoms with Crippen LogP contribution in [0.2, 0.25) is 0 Å². The van der Waals surface area contributed by atoms with Crippen LogP contribution in [-0.2, 0) is 9.53 Å². The van der Waals surface area contributed by atoms with Gasteiger partial charge in [0, 0.05) is 19.7 Å². The van der Waals surface area contributed by atoms with Gasteiger partial charge in [0.1, 0.15) is 0 Å². The highest BCUT2D eigenvalue weighted by atomic mass is 35.5. The highest BCUT2D eigenvalue weighted by molar-refractivity contribution is 5.85. The Balaban J connectivity index is 0. The lowest BCUT2D eigenvalue weighted by Crippen LogP contribution is -2.44. The largest absolute Gasteiger partial charge is 0.383 e. The van der Waals surface area contributed by atoms with E-state index < -0.39 is 18.9 Å². The second kappa shape index (κ2) is 9.56. The molecule has 0 aromatic heterocycles. The van der Waals surface area contributed by atoms with E-state index in [1.165, 1.54) is 7.11 Å². The summed E-state index contributed by atoms with van der Waals surface area (Å²) in [6.45, 7) is 3.15. The van der Waals surface area contributed by atoms with E-state index in [-0.39, 0.29) is 37.5 Å². The molecule has 0 rings (SSSR count). The summed E-state index contributed by atoms with van der Waals surface area (Å²) in [7, 11) is 1.46. The summed E-state index contributed by atoms with van der Waals surface area (Å²) >= 11 is 0. The van der Waals surface area contributed by atoms with Crippen molar-refractivity contribution in [2.24, 2.45) is 11.7 Å².